The van der Waals surface area contributed by atoms with Crippen LogP contribution in [0.1, 0.15) is 29.3 Å². The van der Waals surface area contributed by atoms with Crippen LogP contribution in [0.25, 0.3) is 11.0 Å². The zero-order valence-electron chi connectivity index (χ0n) is 15.9. The van der Waals surface area contributed by atoms with E-state index in [1.807, 2.05) is 0 Å². The fourth-order valence-corrected chi connectivity index (χ4v) is 4.20. The topological polar surface area (TPSA) is 106 Å². The molecule has 1 atom stereocenters. The van der Waals surface area contributed by atoms with Gasteiger partial charge in [-0.25, -0.2) is 15.0 Å². The van der Waals surface area contributed by atoms with Crippen LogP contribution in [0.4, 0.5) is 19.0 Å². The number of ether oxygens (including phenoxy) is 1. The third kappa shape index (κ3) is 5.34. The molecule has 8 nitrogen and oxygen atoms in total. The van der Waals surface area contributed by atoms with E-state index in [0.717, 1.165) is 17.5 Å². The van der Waals surface area contributed by atoms with Crippen molar-refractivity contribution in [3.63, 3.8) is 0 Å². The largest absolute Gasteiger partial charge is 0.456 e. The summed E-state index contributed by atoms with van der Waals surface area (Å²) in [5, 5.41) is 0.428. The summed E-state index contributed by atoms with van der Waals surface area (Å²) in [6.07, 6.45) is -5.58. The van der Waals surface area contributed by atoms with Gasteiger partial charge < -0.3 is 4.74 Å². The van der Waals surface area contributed by atoms with Crippen molar-refractivity contribution >= 4 is 38.4 Å². The maximum absolute atomic E-state index is 13.7. The molecule has 0 spiro atoms. The van der Waals surface area contributed by atoms with Crippen LogP contribution in [-0.4, -0.2) is 36.1 Å². The summed E-state index contributed by atoms with van der Waals surface area (Å²) in [5.74, 6) is -1.04. The van der Waals surface area contributed by atoms with Crippen molar-refractivity contribution in [3.8, 4) is 5.88 Å². The summed E-state index contributed by atoms with van der Waals surface area (Å²) in [6.45, 7) is 3.46. The van der Waals surface area contributed by atoms with Crippen LogP contribution in [0, 0.1) is 6.92 Å². The lowest BCUT2D eigenvalue weighted by molar-refractivity contribution is -0.197. The highest BCUT2D eigenvalue weighted by atomic mass is 32.2. The number of aromatic nitrogens is 3. The number of thiazole rings is 1. The Labute approximate surface area is 174 Å². The van der Waals surface area contributed by atoms with Gasteiger partial charge in [-0.3, -0.25) is 4.72 Å². The highest BCUT2D eigenvalue weighted by Crippen LogP contribution is 2.40. The van der Waals surface area contributed by atoms with Gasteiger partial charge in [0.2, 0.25) is 11.9 Å². The number of halogens is 3. The number of para-hydroxylation sites is 2. The molecule has 0 aliphatic rings. The SMILES string of the molecule is CCCNS(=O)(=O)Nc1nc2ccccc2nc1O[C@@H](c1cnc(C)s1)C(F)(F)F. The summed E-state index contributed by atoms with van der Waals surface area (Å²) >= 11 is 0.820. The highest BCUT2D eigenvalue weighted by molar-refractivity contribution is 7.90. The number of aryl methyl sites for hydroxylation is 1. The first-order valence-electron chi connectivity index (χ1n) is 8.79. The van der Waals surface area contributed by atoms with Crippen LogP contribution < -0.4 is 14.2 Å². The zero-order valence-corrected chi connectivity index (χ0v) is 17.5. The Bertz CT molecular complexity index is 1140. The number of nitrogens with one attached hydrogen (secondary N) is 2. The Morgan fingerprint density at radius 3 is 2.43 bits per heavy atom. The van der Waals surface area contributed by atoms with Gasteiger partial charge in [0.1, 0.15) is 0 Å². The van der Waals surface area contributed by atoms with E-state index in [1.165, 1.54) is 6.07 Å². The Morgan fingerprint density at radius 2 is 1.87 bits per heavy atom. The number of anilines is 1. The number of hydrogen-bond acceptors (Lipinski definition) is 7. The molecule has 2 aromatic heterocycles. The molecule has 13 heteroatoms. The Balaban J connectivity index is 2.05. The molecule has 0 unspecified atom stereocenters. The fraction of sp³-hybridized carbons (Fsp3) is 0.353. The predicted octanol–water partition coefficient (Wildman–Crippen LogP) is 3.73. The quantitative estimate of drug-likeness (QED) is 0.530. The summed E-state index contributed by atoms with van der Waals surface area (Å²) in [5.41, 5.74) is 0.536. The second-order valence-corrected chi connectivity index (χ2v) is 8.95. The van der Waals surface area contributed by atoms with Gasteiger partial charge in [-0.1, -0.05) is 19.1 Å². The van der Waals surface area contributed by atoms with E-state index in [9.17, 15) is 21.6 Å². The zero-order chi connectivity index (χ0) is 21.9. The Kier molecular flexibility index (Phi) is 6.43. The predicted molar refractivity (Wildman–Crippen MR) is 107 cm³/mol. The van der Waals surface area contributed by atoms with Crippen molar-refractivity contribution in [3.05, 3.63) is 40.3 Å². The van der Waals surface area contributed by atoms with Gasteiger partial charge in [0.15, 0.2) is 0 Å². The monoisotopic (exact) mass is 461 g/mol. The minimum Gasteiger partial charge on any atom is -0.456 e. The molecule has 2 heterocycles. The van der Waals surface area contributed by atoms with Crippen LogP contribution in [0.15, 0.2) is 30.5 Å². The van der Waals surface area contributed by atoms with Crippen molar-refractivity contribution < 1.29 is 26.3 Å². The standard InChI is InChI=1S/C17H18F3N5O3S2/c1-3-8-22-30(26,27)25-15-16(24-12-7-5-4-6-11(12)23-15)28-14(17(18,19)20)13-9-21-10(2)29-13/h4-7,9,14,22H,3,8H2,1-2H3,(H,23,25)/t14-/m0/s1. The maximum Gasteiger partial charge on any atom is 0.430 e. The van der Waals surface area contributed by atoms with Crippen molar-refractivity contribution in [1.29, 1.82) is 0 Å². The normalized spacial score (nSPS) is 13.4. The first kappa shape index (κ1) is 22.2. The Morgan fingerprint density at radius 1 is 1.20 bits per heavy atom. The lowest BCUT2D eigenvalue weighted by Crippen LogP contribution is -2.32. The maximum atomic E-state index is 13.7. The molecule has 1 aromatic carbocycles. The minimum atomic E-state index is -4.79. The fourth-order valence-electron chi connectivity index (χ4n) is 2.43. The summed E-state index contributed by atoms with van der Waals surface area (Å²) in [6, 6.07) is 6.35. The van der Waals surface area contributed by atoms with Gasteiger partial charge in [-0.05, 0) is 25.5 Å². The molecule has 0 saturated heterocycles. The van der Waals surface area contributed by atoms with E-state index in [2.05, 4.69) is 24.4 Å². The Hall–Kier alpha value is -2.51. The summed E-state index contributed by atoms with van der Waals surface area (Å²) < 4.78 is 75.1. The third-order valence-corrected chi connectivity index (χ3v) is 5.74. The number of alkyl halides is 3. The molecule has 30 heavy (non-hydrogen) atoms. The van der Waals surface area contributed by atoms with Gasteiger partial charge in [-0.15, -0.1) is 11.3 Å². The van der Waals surface area contributed by atoms with Crippen molar-refractivity contribution in [2.45, 2.75) is 32.5 Å². The number of fused-ring (bicyclic) bond motifs is 1. The molecule has 0 saturated carbocycles. The molecule has 2 N–H and O–H groups in total. The number of benzene rings is 1. The van der Waals surface area contributed by atoms with E-state index >= 15 is 0 Å². The van der Waals surface area contributed by atoms with Gasteiger partial charge in [0.05, 0.1) is 20.9 Å². The molecule has 0 aliphatic carbocycles. The smallest absolute Gasteiger partial charge is 0.430 e. The van der Waals surface area contributed by atoms with Gasteiger partial charge >= 0.3 is 6.18 Å². The number of nitrogens with zero attached hydrogens (tertiary/aromatic N) is 3. The molecular formula is C17H18F3N5O3S2. The molecule has 0 aliphatic heterocycles. The van der Waals surface area contributed by atoms with E-state index in [0.29, 0.717) is 11.4 Å². The van der Waals surface area contributed by atoms with Crippen LogP contribution in [0.2, 0.25) is 0 Å². The van der Waals surface area contributed by atoms with E-state index in [1.54, 1.807) is 32.0 Å². The second-order valence-electron chi connectivity index (χ2n) is 6.19. The molecule has 0 radical (unpaired) electrons. The first-order chi connectivity index (χ1) is 14.1. The van der Waals surface area contributed by atoms with Gasteiger partial charge in [0.25, 0.3) is 16.1 Å². The lowest BCUT2D eigenvalue weighted by Gasteiger charge is -2.21. The number of rotatable bonds is 8. The summed E-state index contributed by atoms with van der Waals surface area (Å²) in [4.78, 5) is 11.8. The van der Waals surface area contributed by atoms with Crippen molar-refractivity contribution in [2.24, 2.45) is 0 Å². The number of hydrogen-bond donors (Lipinski definition) is 2. The van der Waals surface area contributed by atoms with Crippen LogP contribution >= 0.6 is 11.3 Å². The first-order valence-corrected chi connectivity index (χ1v) is 11.1. The van der Waals surface area contributed by atoms with Crippen LogP contribution in [-0.2, 0) is 10.2 Å². The molecular weight excluding hydrogens is 443 g/mol. The molecule has 3 rings (SSSR count). The van der Waals surface area contributed by atoms with E-state index in [4.69, 9.17) is 4.74 Å². The average molecular weight is 461 g/mol. The van der Waals surface area contributed by atoms with E-state index in [-0.39, 0.29) is 22.5 Å². The second kappa shape index (κ2) is 8.70. The van der Waals surface area contributed by atoms with Gasteiger partial charge in [-0.2, -0.15) is 26.3 Å². The lowest BCUT2D eigenvalue weighted by atomic mass is 10.3. The van der Waals surface area contributed by atoms with Gasteiger partial charge in [0, 0.05) is 12.7 Å². The highest BCUT2D eigenvalue weighted by Gasteiger charge is 2.45. The minimum absolute atomic E-state index is 0.137. The van der Waals surface area contributed by atoms with Crippen molar-refractivity contribution in [1.82, 2.24) is 19.7 Å². The van der Waals surface area contributed by atoms with Crippen molar-refractivity contribution in [2.75, 3.05) is 11.3 Å². The average Bonchev–Trinajstić information content (AvgIpc) is 3.09. The van der Waals surface area contributed by atoms with Crippen LogP contribution in [0.5, 0.6) is 5.88 Å². The van der Waals surface area contributed by atoms with E-state index < -0.39 is 34.2 Å². The molecule has 162 valence electrons. The third-order valence-electron chi connectivity index (χ3n) is 3.74. The molecule has 3 aromatic rings. The molecule has 0 fully saturated rings. The molecule has 0 amide bonds. The molecule has 0 bridgehead atoms. The van der Waals surface area contributed by atoms with Crippen LogP contribution in [0.3, 0.4) is 0 Å². The summed E-state index contributed by atoms with van der Waals surface area (Å²) in [7, 11) is -4.09.